The Labute approximate surface area is 114 Å². The molecule has 1 aromatic rings. The van der Waals surface area contributed by atoms with Gasteiger partial charge < -0.3 is 6.74 Å². The summed E-state index contributed by atoms with van der Waals surface area (Å²) in [5.74, 6) is -0.202. The van der Waals surface area contributed by atoms with Gasteiger partial charge >= 0.3 is 29.6 Å². The molecule has 0 saturated carbocycles. The van der Waals surface area contributed by atoms with Crippen LogP contribution in [-0.2, 0) is 10.1 Å². The van der Waals surface area contributed by atoms with Gasteiger partial charge in [-0.25, -0.2) is 0 Å². The summed E-state index contributed by atoms with van der Waals surface area (Å²) in [7, 11) is -3.82. The largest absolute Gasteiger partial charge is 1.00 e. The van der Waals surface area contributed by atoms with Crippen molar-refractivity contribution in [2.45, 2.75) is 6.42 Å². The second kappa shape index (κ2) is 7.24. The third kappa shape index (κ3) is 7.81. The van der Waals surface area contributed by atoms with Gasteiger partial charge in [-0.3, -0.25) is 4.55 Å². The molecule has 0 unspecified atom stereocenters. The van der Waals surface area contributed by atoms with Crippen LogP contribution < -0.4 is 34.9 Å². The van der Waals surface area contributed by atoms with E-state index in [2.05, 4.69) is 5.32 Å². The molecule has 2 N–H and O–H groups in total. The molecule has 0 radical (unpaired) electrons. The summed E-state index contributed by atoms with van der Waals surface area (Å²) in [6, 6.07) is 9.49. The smallest absolute Gasteiger partial charge is 1.00 e. The van der Waals surface area contributed by atoms with Crippen molar-refractivity contribution in [2.24, 2.45) is 0 Å². The van der Waals surface area contributed by atoms with Crippen LogP contribution in [0.3, 0.4) is 0 Å². The number of hydrogen-bond acceptors (Lipinski definition) is 3. The summed E-state index contributed by atoms with van der Waals surface area (Å²) in [4.78, 5) is 0. The van der Waals surface area contributed by atoms with E-state index in [1.165, 1.54) is 0 Å². The molecule has 0 atom stereocenters. The minimum atomic E-state index is -3.82. The van der Waals surface area contributed by atoms with Gasteiger partial charge in [0.05, 0.1) is 5.75 Å². The zero-order valence-corrected chi connectivity index (χ0v) is 11.5. The Balaban J connectivity index is 0. The van der Waals surface area contributed by atoms with Crippen molar-refractivity contribution in [2.75, 3.05) is 17.6 Å². The number of hydrogen-bond donors (Lipinski definition) is 2. The van der Waals surface area contributed by atoms with E-state index >= 15 is 0 Å². The molecule has 0 saturated heterocycles. The summed E-state index contributed by atoms with van der Waals surface area (Å²) in [6.07, 6.45) is 0.397. The van der Waals surface area contributed by atoms with Gasteiger partial charge in [-0.1, -0.05) is 18.2 Å². The minimum absolute atomic E-state index is 0. The van der Waals surface area contributed by atoms with E-state index < -0.39 is 10.1 Å². The molecule has 0 aliphatic carbocycles. The fraction of sp³-hybridized carbons (Fsp3) is 0.333. The first-order valence-electron chi connectivity index (χ1n) is 4.32. The van der Waals surface area contributed by atoms with E-state index in [0.717, 1.165) is 5.69 Å². The zero-order valence-electron chi connectivity index (χ0n) is 9.68. The van der Waals surface area contributed by atoms with Gasteiger partial charge in [-0.05, 0) is 18.6 Å². The van der Waals surface area contributed by atoms with Gasteiger partial charge in [0, 0.05) is 12.2 Å². The van der Waals surface area contributed by atoms with Crippen LogP contribution >= 0.6 is 0 Å². The van der Waals surface area contributed by atoms with Crippen LogP contribution in [0.2, 0.25) is 0 Å². The molecule has 0 aliphatic heterocycles. The van der Waals surface area contributed by atoms with Gasteiger partial charge in [-0.2, -0.15) is 8.42 Å². The molecular weight excluding hydrogens is 225 g/mol. The maximum Gasteiger partial charge on any atom is 1.00 e. The van der Waals surface area contributed by atoms with Crippen LogP contribution in [0.25, 0.3) is 0 Å². The van der Waals surface area contributed by atoms with Gasteiger partial charge in [0.2, 0.25) is 0 Å². The summed E-state index contributed by atoms with van der Waals surface area (Å²) >= 11 is 0. The van der Waals surface area contributed by atoms with E-state index in [1.54, 1.807) is 0 Å². The molecular formula is C9H14NNaO3S. The van der Waals surface area contributed by atoms with E-state index in [1.807, 2.05) is 30.3 Å². The normalized spacial score (nSPS) is 10.5. The first-order valence-corrected chi connectivity index (χ1v) is 5.93. The maximum atomic E-state index is 10.4. The van der Waals surface area contributed by atoms with Crippen molar-refractivity contribution < 1.29 is 44.0 Å². The van der Waals surface area contributed by atoms with Crippen molar-refractivity contribution in [1.29, 1.82) is 0 Å². The van der Waals surface area contributed by atoms with Crippen LogP contribution in [0.1, 0.15) is 7.85 Å². The average Bonchev–Trinajstić information content (AvgIpc) is 2.13. The second-order valence-corrected chi connectivity index (χ2v) is 4.50. The first-order chi connectivity index (χ1) is 6.58. The molecule has 4 nitrogen and oxygen atoms in total. The molecule has 0 bridgehead atoms. The number of nitrogens with one attached hydrogen (secondary N) is 1. The van der Waals surface area contributed by atoms with E-state index in [4.69, 9.17) is 4.55 Å². The quantitative estimate of drug-likeness (QED) is 0.372. The number of benzene rings is 1. The Morgan fingerprint density at radius 2 is 1.87 bits per heavy atom. The summed E-state index contributed by atoms with van der Waals surface area (Å²) < 4.78 is 29.2. The predicted molar refractivity (Wildman–Crippen MR) is 57.1 cm³/mol. The molecule has 6 heteroatoms. The summed E-state index contributed by atoms with van der Waals surface area (Å²) in [6.45, 7) is 0.532. The Kier molecular flexibility index (Phi) is 7.21. The summed E-state index contributed by atoms with van der Waals surface area (Å²) in [5, 5.41) is 3.04. The van der Waals surface area contributed by atoms with Crippen LogP contribution in [0, 0.1) is 0 Å². The standard InChI is InChI=1S/C9H13NO3S.Na.H/c11-14(12,13)8-4-7-10-9-5-2-1-3-6-9;;/h1-3,5-6,10H,4,7-8H2,(H,11,12,13);;/q;+1;-1. The Morgan fingerprint density at radius 3 is 2.40 bits per heavy atom. The van der Waals surface area contributed by atoms with Crippen LogP contribution in [0.15, 0.2) is 30.3 Å². The zero-order chi connectivity index (χ0) is 10.4. The third-order valence-electron chi connectivity index (χ3n) is 1.68. The average molecular weight is 239 g/mol. The van der Waals surface area contributed by atoms with Gasteiger partial charge in [0.15, 0.2) is 0 Å². The van der Waals surface area contributed by atoms with E-state index in [-0.39, 0.29) is 36.7 Å². The SMILES string of the molecule is O=S(=O)(O)CCCNc1ccccc1.[H-].[Na+]. The van der Waals surface area contributed by atoms with E-state index in [0.29, 0.717) is 13.0 Å². The van der Waals surface area contributed by atoms with Crippen molar-refractivity contribution in [3.8, 4) is 0 Å². The minimum Gasteiger partial charge on any atom is -1.00 e. The molecule has 0 amide bonds. The van der Waals surface area contributed by atoms with Crippen LogP contribution in [0.4, 0.5) is 5.69 Å². The molecule has 0 spiro atoms. The molecule has 0 fully saturated rings. The predicted octanol–water partition coefficient (Wildman–Crippen LogP) is -1.51. The van der Waals surface area contributed by atoms with Gasteiger partial charge in [0.25, 0.3) is 10.1 Å². The molecule has 80 valence electrons. The maximum absolute atomic E-state index is 10.4. The molecule has 15 heavy (non-hydrogen) atoms. The monoisotopic (exact) mass is 239 g/mol. The Hall–Kier alpha value is -0.0700. The molecule has 0 heterocycles. The number of rotatable bonds is 5. The Morgan fingerprint density at radius 1 is 1.27 bits per heavy atom. The van der Waals surface area contributed by atoms with Crippen molar-refractivity contribution in [3.63, 3.8) is 0 Å². The molecule has 1 aromatic carbocycles. The number of anilines is 1. The van der Waals surface area contributed by atoms with Gasteiger partial charge in [0.1, 0.15) is 0 Å². The first kappa shape index (κ1) is 14.9. The molecule has 1 rings (SSSR count). The number of para-hydroxylation sites is 1. The Bertz CT molecular complexity index is 372. The van der Waals surface area contributed by atoms with Crippen LogP contribution in [-0.4, -0.2) is 25.3 Å². The second-order valence-electron chi connectivity index (χ2n) is 2.93. The van der Waals surface area contributed by atoms with Crippen LogP contribution in [0.5, 0.6) is 0 Å². The van der Waals surface area contributed by atoms with Crippen molar-refractivity contribution in [3.05, 3.63) is 30.3 Å². The van der Waals surface area contributed by atoms with Crippen molar-refractivity contribution >= 4 is 15.8 Å². The van der Waals surface area contributed by atoms with Gasteiger partial charge in [-0.15, -0.1) is 0 Å². The fourth-order valence-electron chi connectivity index (χ4n) is 1.04. The van der Waals surface area contributed by atoms with E-state index in [9.17, 15) is 8.42 Å². The fourth-order valence-corrected chi connectivity index (χ4v) is 1.55. The summed E-state index contributed by atoms with van der Waals surface area (Å²) in [5.41, 5.74) is 0.947. The topological polar surface area (TPSA) is 66.4 Å². The molecule has 0 aromatic heterocycles. The molecule has 0 aliphatic rings. The third-order valence-corrected chi connectivity index (χ3v) is 2.49. The van der Waals surface area contributed by atoms with Crippen molar-refractivity contribution in [1.82, 2.24) is 0 Å².